The van der Waals surface area contributed by atoms with Gasteiger partial charge in [0, 0.05) is 33.0 Å². The van der Waals surface area contributed by atoms with Crippen molar-refractivity contribution in [2.45, 2.75) is 12.8 Å². The van der Waals surface area contributed by atoms with Crippen LogP contribution in [0.5, 0.6) is 11.5 Å². The minimum absolute atomic E-state index is 0.901. The first kappa shape index (κ1) is 25.5. The van der Waals surface area contributed by atoms with Gasteiger partial charge in [-0.3, -0.25) is 0 Å². The highest BCUT2D eigenvalue weighted by Gasteiger charge is 2.24. The van der Waals surface area contributed by atoms with Crippen molar-refractivity contribution in [3.05, 3.63) is 157 Å². The Morgan fingerprint density at radius 3 is 2.20 bits per heavy atom. The van der Waals surface area contributed by atoms with E-state index < -0.39 is 0 Å². The summed E-state index contributed by atoms with van der Waals surface area (Å²) >= 11 is 0. The van der Waals surface area contributed by atoms with E-state index in [0.29, 0.717) is 0 Å². The molecule has 0 bridgehead atoms. The zero-order valence-electron chi connectivity index (χ0n) is 25.2. The average molecular weight is 588 g/mol. The quantitative estimate of drug-likeness (QED) is 0.201. The largest absolute Gasteiger partial charge is 0.456 e. The van der Waals surface area contributed by atoms with Crippen LogP contribution in [-0.4, -0.2) is 4.57 Å². The smallest absolute Gasteiger partial charge is 0.135 e. The van der Waals surface area contributed by atoms with Gasteiger partial charge in [-0.25, -0.2) is 0 Å². The second kappa shape index (κ2) is 9.82. The van der Waals surface area contributed by atoms with E-state index in [1.54, 1.807) is 0 Å². The van der Waals surface area contributed by atoms with Gasteiger partial charge in [-0.2, -0.15) is 0 Å². The Labute approximate surface area is 267 Å². The summed E-state index contributed by atoms with van der Waals surface area (Å²) in [5.74, 6) is 1.82. The Balaban J connectivity index is 1.24. The Hall–Kier alpha value is -5.86. The lowest BCUT2D eigenvalue weighted by atomic mass is 9.89. The van der Waals surface area contributed by atoms with Gasteiger partial charge in [0.25, 0.3) is 0 Å². The van der Waals surface area contributed by atoms with Crippen LogP contribution >= 0.6 is 0 Å². The fraction of sp³-hybridized carbons (Fsp3) is 0.0455. The molecule has 0 saturated carbocycles. The summed E-state index contributed by atoms with van der Waals surface area (Å²) in [4.78, 5) is 0. The third-order valence-corrected chi connectivity index (χ3v) is 9.85. The summed E-state index contributed by atoms with van der Waals surface area (Å²) in [6, 6.07) is 50.7. The summed E-state index contributed by atoms with van der Waals surface area (Å²) in [5.41, 5.74) is 13.7. The summed E-state index contributed by atoms with van der Waals surface area (Å²) in [6.07, 6.45) is 6.71. The second-order valence-electron chi connectivity index (χ2n) is 12.4. The number of ether oxygens (including phenoxy) is 1. The number of nitrogens with zero attached hydrogens (tertiary/aromatic N) is 1. The van der Waals surface area contributed by atoms with Gasteiger partial charge in [-0.15, -0.1) is 0 Å². The standard InChI is InChI=1S/C44H29NO/c1-2-14-31(15-3-1)45-43-33-17-5-4-11-28(33)23-25-38(43)37-21-10-20-36(44(37)45)34-18-7-6-16-32(34)30-24-26-40-39(27-30)35-19-8-12-29-13-9-22-41(46-40)42(29)35/h1-4,6-16,18-27H,5,17H2. The molecule has 0 atom stereocenters. The fourth-order valence-corrected chi connectivity index (χ4v) is 7.85. The lowest BCUT2D eigenvalue weighted by molar-refractivity contribution is 0.487. The molecule has 2 heteroatoms. The van der Waals surface area contributed by atoms with E-state index >= 15 is 0 Å². The molecule has 46 heavy (non-hydrogen) atoms. The zero-order valence-corrected chi connectivity index (χ0v) is 25.2. The highest BCUT2D eigenvalue weighted by molar-refractivity contribution is 6.16. The van der Waals surface area contributed by atoms with E-state index in [1.807, 2.05) is 0 Å². The van der Waals surface area contributed by atoms with Gasteiger partial charge in [0.15, 0.2) is 0 Å². The number of rotatable bonds is 3. The minimum atomic E-state index is 0.901. The van der Waals surface area contributed by atoms with E-state index in [4.69, 9.17) is 4.74 Å². The highest BCUT2D eigenvalue weighted by atomic mass is 16.5. The molecule has 0 radical (unpaired) electrons. The topological polar surface area (TPSA) is 14.2 Å². The molecular formula is C44H29NO. The Kier molecular flexibility index (Phi) is 5.44. The van der Waals surface area contributed by atoms with Gasteiger partial charge in [0.2, 0.25) is 0 Å². The molecule has 216 valence electrons. The first-order valence-electron chi connectivity index (χ1n) is 16.1. The predicted molar refractivity (Wildman–Crippen MR) is 192 cm³/mol. The molecule has 8 aromatic rings. The first-order valence-corrected chi connectivity index (χ1v) is 16.1. The highest BCUT2D eigenvalue weighted by Crippen LogP contribution is 2.49. The average Bonchev–Trinajstić information content (AvgIpc) is 3.47. The third kappa shape index (κ3) is 3.64. The number of aromatic nitrogens is 1. The molecule has 1 aliphatic carbocycles. The number of allylic oxidation sites excluding steroid dienone is 1. The molecule has 0 unspecified atom stereocenters. The van der Waals surface area contributed by atoms with Gasteiger partial charge in [0.05, 0.1) is 11.0 Å². The summed E-state index contributed by atoms with van der Waals surface area (Å²) in [6.45, 7) is 0. The lowest BCUT2D eigenvalue weighted by Gasteiger charge is -2.22. The number of hydrogen-bond acceptors (Lipinski definition) is 1. The Morgan fingerprint density at radius 1 is 0.522 bits per heavy atom. The maximum Gasteiger partial charge on any atom is 0.135 e. The van der Waals surface area contributed by atoms with Crippen LogP contribution in [0.4, 0.5) is 0 Å². The van der Waals surface area contributed by atoms with Gasteiger partial charge in [-0.1, -0.05) is 121 Å². The van der Waals surface area contributed by atoms with Crippen molar-refractivity contribution in [1.29, 1.82) is 0 Å². The molecule has 2 heterocycles. The predicted octanol–water partition coefficient (Wildman–Crippen LogP) is 12.0. The number of aryl methyl sites for hydroxylation is 1. The van der Waals surface area contributed by atoms with Crippen molar-refractivity contribution in [2.75, 3.05) is 0 Å². The van der Waals surface area contributed by atoms with Crippen molar-refractivity contribution in [3.8, 4) is 50.6 Å². The molecule has 0 saturated heterocycles. The number of hydrogen-bond donors (Lipinski definition) is 0. The van der Waals surface area contributed by atoms with Crippen molar-refractivity contribution in [1.82, 2.24) is 4.57 Å². The third-order valence-electron chi connectivity index (χ3n) is 9.85. The first-order chi connectivity index (χ1) is 22.8. The van der Waals surface area contributed by atoms with Crippen molar-refractivity contribution < 1.29 is 4.74 Å². The molecule has 2 nitrogen and oxygen atoms in total. The molecule has 0 N–H and O–H groups in total. The van der Waals surface area contributed by atoms with Gasteiger partial charge < -0.3 is 9.30 Å². The molecule has 1 aromatic heterocycles. The van der Waals surface area contributed by atoms with Crippen LogP contribution in [0.1, 0.15) is 17.5 Å². The van der Waals surface area contributed by atoms with Gasteiger partial charge in [-0.05, 0) is 81.9 Å². The molecular weight excluding hydrogens is 558 g/mol. The van der Waals surface area contributed by atoms with E-state index in [1.165, 1.54) is 77.2 Å². The van der Waals surface area contributed by atoms with Gasteiger partial charge in [0.1, 0.15) is 11.5 Å². The van der Waals surface area contributed by atoms with E-state index in [9.17, 15) is 0 Å². The van der Waals surface area contributed by atoms with Crippen LogP contribution in [-0.2, 0) is 6.42 Å². The van der Waals surface area contributed by atoms with E-state index in [2.05, 4.69) is 156 Å². The van der Waals surface area contributed by atoms with Crippen LogP contribution in [0.25, 0.3) is 77.7 Å². The molecule has 2 aliphatic rings. The number of benzene rings is 7. The normalized spacial score (nSPS) is 13.1. The van der Waals surface area contributed by atoms with Crippen molar-refractivity contribution in [2.24, 2.45) is 0 Å². The van der Waals surface area contributed by atoms with Crippen molar-refractivity contribution in [3.63, 3.8) is 0 Å². The molecule has 0 spiro atoms. The van der Waals surface area contributed by atoms with Gasteiger partial charge >= 0.3 is 0 Å². The van der Waals surface area contributed by atoms with Crippen LogP contribution < -0.4 is 4.74 Å². The SMILES string of the molecule is C1=Cc2ccc3c4cccc(-c5ccccc5-c5ccc6c(c5)-c5cccc7cccc(c57)O6)c4n(-c4ccccc4)c3c2CC1. The lowest BCUT2D eigenvalue weighted by Crippen LogP contribution is -2.01. The van der Waals surface area contributed by atoms with Crippen LogP contribution in [0.3, 0.4) is 0 Å². The number of para-hydroxylation sites is 2. The Bertz CT molecular complexity index is 2550. The summed E-state index contributed by atoms with van der Waals surface area (Å²) in [7, 11) is 0. The molecule has 1 aliphatic heterocycles. The van der Waals surface area contributed by atoms with E-state index in [-0.39, 0.29) is 0 Å². The van der Waals surface area contributed by atoms with Crippen LogP contribution in [0.15, 0.2) is 146 Å². The van der Waals surface area contributed by atoms with Crippen LogP contribution in [0.2, 0.25) is 0 Å². The minimum Gasteiger partial charge on any atom is -0.456 e. The van der Waals surface area contributed by atoms with Crippen LogP contribution in [0, 0.1) is 0 Å². The monoisotopic (exact) mass is 587 g/mol. The summed E-state index contributed by atoms with van der Waals surface area (Å²) in [5, 5.41) is 4.97. The molecule has 0 fully saturated rings. The molecule has 0 amide bonds. The Morgan fingerprint density at radius 2 is 1.28 bits per heavy atom. The zero-order chi connectivity index (χ0) is 30.2. The van der Waals surface area contributed by atoms with Crippen molar-refractivity contribution >= 4 is 38.7 Å². The maximum atomic E-state index is 6.45. The molecule has 7 aromatic carbocycles. The van der Waals surface area contributed by atoms with E-state index in [0.717, 1.165) is 29.9 Å². The number of fused-ring (bicyclic) bond motifs is 7. The summed E-state index contributed by atoms with van der Waals surface area (Å²) < 4.78 is 8.97. The maximum absolute atomic E-state index is 6.45. The fourth-order valence-electron chi connectivity index (χ4n) is 7.85. The molecule has 10 rings (SSSR count). The second-order valence-corrected chi connectivity index (χ2v) is 12.4.